The number of para-hydroxylation sites is 1. The molecule has 3 aromatic carbocycles. The zero-order chi connectivity index (χ0) is 24.4. The summed E-state index contributed by atoms with van der Waals surface area (Å²) in [4.78, 5) is 14.7. The molecule has 0 aromatic heterocycles. The number of likely N-dealkylation sites (tertiary alicyclic amines) is 1. The van der Waals surface area contributed by atoms with Crippen molar-refractivity contribution in [3.05, 3.63) is 83.4 Å². The summed E-state index contributed by atoms with van der Waals surface area (Å²) in [7, 11) is 1.63. The predicted octanol–water partition coefficient (Wildman–Crippen LogP) is 5.50. The third kappa shape index (κ3) is 4.86. The minimum absolute atomic E-state index is 0.105. The number of carbonyl (C=O) groups excluding carboxylic acids is 1. The van der Waals surface area contributed by atoms with Gasteiger partial charge in [-0.15, -0.1) is 0 Å². The van der Waals surface area contributed by atoms with Gasteiger partial charge < -0.3 is 19.1 Å². The number of rotatable bonds is 5. The first kappa shape index (κ1) is 23.3. The van der Waals surface area contributed by atoms with Crippen molar-refractivity contribution in [1.29, 1.82) is 0 Å². The Hall–Kier alpha value is -3.45. The Bertz CT molecular complexity index is 1240. The van der Waals surface area contributed by atoms with E-state index in [-0.39, 0.29) is 5.91 Å². The smallest absolute Gasteiger partial charge is 0.222 e. The fourth-order valence-corrected chi connectivity index (χ4v) is 4.77. The van der Waals surface area contributed by atoms with Crippen LogP contribution in [0.5, 0.6) is 11.5 Å². The highest BCUT2D eigenvalue weighted by Gasteiger charge is 2.41. The number of piperidine rings is 1. The van der Waals surface area contributed by atoms with Gasteiger partial charge >= 0.3 is 0 Å². The van der Waals surface area contributed by atoms with Crippen molar-refractivity contribution in [2.45, 2.75) is 38.1 Å². The molecule has 1 fully saturated rings. The number of ether oxygens (including phenoxy) is 3. The zero-order valence-corrected chi connectivity index (χ0v) is 19.6. The van der Waals surface area contributed by atoms with E-state index in [1.54, 1.807) is 13.2 Å². The van der Waals surface area contributed by atoms with Crippen LogP contribution in [0.1, 0.15) is 30.4 Å². The summed E-state index contributed by atoms with van der Waals surface area (Å²) in [5, 5.41) is 0. The van der Waals surface area contributed by atoms with Gasteiger partial charge in [-0.3, -0.25) is 4.79 Å². The molecule has 1 spiro atoms. The molecule has 0 saturated carbocycles. The SMILES string of the molecule is COc1ccccc1CCC(=O)N1CCC2(CC1)OCc1cc(-c3ccc(F)cc3F)ccc1O2. The number of carbonyl (C=O) groups is 1. The van der Waals surface area contributed by atoms with Crippen LogP contribution in [0.15, 0.2) is 60.7 Å². The van der Waals surface area contributed by atoms with Gasteiger partial charge in [-0.25, -0.2) is 8.78 Å². The molecule has 182 valence electrons. The van der Waals surface area contributed by atoms with E-state index in [9.17, 15) is 13.6 Å². The summed E-state index contributed by atoms with van der Waals surface area (Å²) in [6.45, 7) is 1.44. The van der Waals surface area contributed by atoms with Gasteiger partial charge in [-0.1, -0.05) is 24.3 Å². The lowest BCUT2D eigenvalue weighted by Crippen LogP contribution is -2.52. The maximum absolute atomic E-state index is 14.2. The standard InChI is InChI=1S/C28H27F2NO4/c1-33-25-5-3-2-4-19(25)7-11-27(32)31-14-12-28(13-15-31)34-18-21-16-20(6-10-26(21)35-28)23-9-8-22(29)17-24(23)30/h2-6,8-10,16-17H,7,11-15,18H2,1H3. The van der Waals surface area contributed by atoms with E-state index >= 15 is 0 Å². The third-order valence-corrected chi connectivity index (χ3v) is 6.77. The van der Waals surface area contributed by atoms with Gasteiger partial charge in [0.1, 0.15) is 23.1 Å². The fourth-order valence-electron chi connectivity index (χ4n) is 4.77. The number of fused-ring (bicyclic) bond motifs is 1. The number of hydrogen-bond acceptors (Lipinski definition) is 4. The zero-order valence-electron chi connectivity index (χ0n) is 19.6. The van der Waals surface area contributed by atoms with Crippen LogP contribution in [0.25, 0.3) is 11.1 Å². The number of amides is 1. The molecule has 1 saturated heterocycles. The lowest BCUT2D eigenvalue weighted by molar-refractivity contribution is -0.227. The molecule has 0 unspecified atom stereocenters. The van der Waals surface area contributed by atoms with Crippen LogP contribution in [0.4, 0.5) is 8.78 Å². The average molecular weight is 480 g/mol. The highest BCUT2D eigenvalue weighted by Crippen LogP contribution is 2.39. The van der Waals surface area contributed by atoms with Crippen LogP contribution in [0.2, 0.25) is 0 Å². The third-order valence-electron chi connectivity index (χ3n) is 6.77. The van der Waals surface area contributed by atoms with E-state index < -0.39 is 17.4 Å². The monoisotopic (exact) mass is 479 g/mol. The molecule has 7 heteroatoms. The molecule has 5 rings (SSSR count). The maximum atomic E-state index is 14.2. The highest BCUT2D eigenvalue weighted by molar-refractivity contribution is 5.76. The van der Waals surface area contributed by atoms with Gasteiger partial charge in [0.15, 0.2) is 0 Å². The van der Waals surface area contributed by atoms with Gasteiger partial charge in [0.2, 0.25) is 11.7 Å². The summed E-state index contributed by atoms with van der Waals surface area (Å²) in [5.74, 6) is -0.392. The minimum atomic E-state index is -0.769. The average Bonchev–Trinajstić information content (AvgIpc) is 2.88. The Morgan fingerprint density at radius 1 is 1.06 bits per heavy atom. The lowest BCUT2D eigenvalue weighted by atomic mass is 9.98. The van der Waals surface area contributed by atoms with E-state index in [4.69, 9.17) is 14.2 Å². The van der Waals surface area contributed by atoms with Crippen molar-refractivity contribution in [3.63, 3.8) is 0 Å². The van der Waals surface area contributed by atoms with Crippen LogP contribution in [0.3, 0.4) is 0 Å². The second-order valence-corrected chi connectivity index (χ2v) is 8.94. The second-order valence-electron chi connectivity index (χ2n) is 8.94. The van der Waals surface area contributed by atoms with Gasteiger partial charge in [-0.05, 0) is 47.9 Å². The number of nitrogens with zero attached hydrogens (tertiary/aromatic N) is 1. The molecule has 1 amide bonds. The molecule has 0 radical (unpaired) electrons. The molecule has 0 aliphatic carbocycles. The Labute approximate surface area is 203 Å². The molecule has 0 bridgehead atoms. The molecule has 2 aliphatic heterocycles. The molecule has 0 atom stereocenters. The molecule has 35 heavy (non-hydrogen) atoms. The van der Waals surface area contributed by atoms with Gasteiger partial charge in [0, 0.05) is 49.5 Å². The Kier molecular flexibility index (Phi) is 6.43. The summed E-state index contributed by atoms with van der Waals surface area (Å²) in [5.41, 5.74) is 2.80. The molecule has 2 heterocycles. The molecular weight excluding hydrogens is 452 g/mol. The summed E-state index contributed by atoms with van der Waals surface area (Å²) in [6, 6.07) is 16.7. The minimum Gasteiger partial charge on any atom is -0.496 e. The first-order valence-electron chi connectivity index (χ1n) is 11.8. The normalized spacial score (nSPS) is 16.5. The highest BCUT2D eigenvalue weighted by atomic mass is 19.1. The number of hydrogen-bond donors (Lipinski definition) is 0. The van der Waals surface area contributed by atoms with E-state index in [0.717, 1.165) is 22.9 Å². The Morgan fingerprint density at radius 3 is 2.63 bits per heavy atom. The first-order valence-corrected chi connectivity index (χ1v) is 11.8. The van der Waals surface area contributed by atoms with Crippen LogP contribution >= 0.6 is 0 Å². The topological polar surface area (TPSA) is 48.0 Å². The molecule has 5 nitrogen and oxygen atoms in total. The quantitative estimate of drug-likeness (QED) is 0.485. The largest absolute Gasteiger partial charge is 0.496 e. The molecule has 3 aromatic rings. The summed E-state index contributed by atoms with van der Waals surface area (Å²) >= 11 is 0. The van der Waals surface area contributed by atoms with Crippen molar-refractivity contribution >= 4 is 5.91 Å². The van der Waals surface area contributed by atoms with Gasteiger partial charge in [0.05, 0.1) is 13.7 Å². The number of aryl methyl sites for hydroxylation is 1. The van der Waals surface area contributed by atoms with E-state index in [2.05, 4.69) is 0 Å². The van der Waals surface area contributed by atoms with Crippen molar-refractivity contribution in [2.75, 3.05) is 20.2 Å². The lowest BCUT2D eigenvalue weighted by Gasteiger charge is -2.44. The van der Waals surface area contributed by atoms with Crippen LogP contribution < -0.4 is 9.47 Å². The predicted molar refractivity (Wildman–Crippen MR) is 127 cm³/mol. The van der Waals surface area contributed by atoms with E-state index in [1.165, 1.54) is 12.1 Å². The van der Waals surface area contributed by atoms with E-state index in [1.807, 2.05) is 41.3 Å². The van der Waals surface area contributed by atoms with Crippen molar-refractivity contribution in [2.24, 2.45) is 0 Å². The summed E-state index contributed by atoms with van der Waals surface area (Å²) < 4.78 is 45.2. The molecular formula is C28H27F2NO4. The van der Waals surface area contributed by atoms with Gasteiger partial charge in [0.25, 0.3) is 0 Å². The maximum Gasteiger partial charge on any atom is 0.222 e. The number of halogens is 2. The second kappa shape index (κ2) is 9.66. The van der Waals surface area contributed by atoms with Crippen molar-refractivity contribution in [1.82, 2.24) is 4.90 Å². The fraction of sp³-hybridized carbons (Fsp3) is 0.321. The molecule has 0 N–H and O–H groups in total. The Morgan fingerprint density at radius 2 is 1.86 bits per heavy atom. The van der Waals surface area contributed by atoms with E-state index in [0.29, 0.717) is 62.3 Å². The number of benzene rings is 3. The molecule has 2 aliphatic rings. The number of methoxy groups -OCH3 is 1. The van der Waals surface area contributed by atoms with Crippen LogP contribution in [0, 0.1) is 11.6 Å². The van der Waals surface area contributed by atoms with Crippen LogP contribution in [-0.2, 0) is 22.6 Å². The van der Waals surface area contributed by atoms with Gasteiger partial charge in [-0.2, -0.15) is 0 Å². The Balaban J connectivity index is 1.20. The summed E-state index contributed by atoms with van der Waals surface area (Å²) in [6.07, 6.45) is 2.19. The first-order chi connectivity index (χ1) is 17.0. The van der Waals surface area contributed by atoms with Crippen molar-refractivity contribution < 1.29 is 27.8 Å². The van der Waals surface area contributed by atoms with Crippen molar-refractivity contribution in [3.8, 4) is 22.6 Å². The van der Waals surface area contributed by atoms with Crippen LogP contribution in [-0.4, -0.2) is 36.8 Å².